The number of aromatic amines is 1. The minimum absolute atomic E-state index is 0. The van der Waals surface area contributed by atoms with E-state index in [1.807, 2.05) is 6.07 Å². The molecule has 0 bridgehead atoms. The van der Waals surface area contributed by atoms with Crippen LogP contribution in [0.3, 0.4) is 0 Å². The highest BCUT2D eigenvalue weighted by Crippen LogP contribution is 2.20. The molecule has 2 aromatic heterocycles. The Morgan fingerprint density at radius 2 is 2.17 bits per heavy atom. The van der Waals surface area contributed by atoms with Gasteiger partial charge in [-0.2, -0.15) is 18.6 Å². The maximum atomic E-state index is 10.1. The van der Waals surface area contributed by atoms with Crippen molar-refractivity contribution in [1.29, 1.82) is 0 Å². The fourth-order valence-corrected chi connectivity index (χ4v) is 1.65. The number of aromatic nitrogens is 3. The van der Waals surface area contributed by atoms with Crippen LogP contribution in [0, 0.1) is 0 Å². The van der Waals surface area contributed by atoms with Crippen LogP contribution >= 0.6 is 13.5 Å². The predicted molar refractivity (Wildman–Crippen MR) is 77.0 cm³/mol. The summed E-state index contributed by atoms with van der Waals surface area (Å²) in [5.74, 6) is 0. The standard InChI is InChI=1S/C12H18N4O.H2S/c1-12(2,3)14-7-10(17)11-8-6-15-16-9(8)4-5-13-11;/h4-6,10,14,17H,7H2,1-3H3,(H,15,16);1H2/t10-;/m0./s1. The van der Waals surface area contributed by atoms with E-state index in [1.54, 1.807) is 12.4 Å². The van der Waals surface area contributed by atoms with Crippen molar-refractivity contribution >= 4 is 24.4 Å². The maximum Gasteiger partial charge on any atom is 0.109 e. The van der Waals surface area contributed by atoms with Crippen LogP contribution in [0.25, 0.3) is 10.9 Å². The monoisotopic (exact) mass is 268 g/mol. The molecule has 0 aromatic carbocycles. The van der Waals surface area contributed by atoms with Gasteiger partial charge in [-0.3, -0.25) is 10.1 Å². The third-order valence-electron chi connectivity index (χ3n) is 2.54. The zero-order chi connectivity index (χ0) is 12.5. The first-order chi connectivity index (χ1) is 7.97. The molecule has 18 heavy (non-hydrogen) atoms. The van der Waals surface area contributed by atoms with Gasteiger partial charge in [-0.05, 0) is 26.8 Å². The van der Waals surface area contributed by atoms with E-state index >= 15 is 0 Å². The molecule has 0 radical (unpaired) electrons. The molecule has 100 valence electrons. The van der Waals surface area contributed by atoms with Crippen LogP contribution in [-0.2, 0) is 0 Å². The first-order valence-corrected chi connectivity index (χ1v) is 5.68. The fraction of sp³-hybridized carbons (Fsp3) is 0.500. The van der Waals surface area contributed by atoms with Crippen molar-refractivity contribution in [3.05, 3.63) is 24.2 Å². The highest BCUT2D eigenvalue weighted by atomic mass is 32.1. The summed E-state index contributed by atoms with van der Waals surface area (Å²) in [5, 5.41) is 21.1. The molecular weight excluding hydrogens is 248 g/mol. The Hall–Kier alpha value is -1.11. The van der Waals surface area contributed by atoms with E-state index in [0.717, 1.165) is 10.9 Å². The molecule has 0 spiro atoms. The second-order valence-corrected chi connectivity index (χ2v) is 5.17. The van der Waals surface area contributed by atoms with Crippen LogP contribution < -0.4 is 5.32 Å². The predicted octanol–water partition coefficient (Wildman–Crippen LogP) is 1.49. The number of nitrogens with one attached hydrogen (secondary N) is 2. The molecule has 1 atom stereocenters. The Morgan fingerprint density at radius 3 is 2.83 bits per heavy atom. The molecule has 0 saturated carbocycles. The minimum atomic E-state index is -0.629. The van der Waals surface area contributed by atoms with Crippen LogP contribution in [0.4, 0.5) is 0 Å². The lowest BCUT2D eigenvalue weighted by Gasteiger charge is -2.22. The number of aliphatic hydroxyl groups excluding tert-OH is 1. The topological polar surface area (TPSA) is 73.8 Å². The van der Waals surface area contributed by atoms with Crippen molar-refractivity contribution in [1.82, 2.24) is 20.5 Å². The molecule has 2 heterocycles. The zero-order valence-corrected chi connectivity index (χ0v) is 11.9. The number of hydrogen-bond acceptors (Lipinski definition) is 4. The summed E-state index contributed by atoms with van der Waals surface area (Å²) >= 11 is 0. The Morgan fingerprint density at radius 1 is 1.44 bits per heavy atom. The molecule has 0 aliphatic carbocycles. The van der Waals surface area contributed by atoms with Gasteiger partial charge in [-0.1, -0.05) is 0 Å². The van der Waals surface area contributed by atoms with Gasteiger partial charge in [0.2, 0.25) is 0 Å². The summed E-state index contributed by atoms with van der Waals surface area (Å²) in [6, 6.07) is 1.84. The van der Waals surface area contributed by atoms with Gasteiger partial charge in [0.15, 0.2) is 0 Å². The molecule has 0 fully saturated rings. The molecule has 2 rings (SSSR count). The molecule has 0 aliphatic heterocycles. The second kappa shape index (κ2) is 5.69. The van der Waals surface area contributed by atoms with Gasteiger partial charge < -0.3 is 10.4 Å². The van der Waals surface area contributed by atoms with E-state index < -0.39 is 6.10 Å². The number of β-amino-alcohol motifs (C(OH)–C–C–N with tert-alkyl or cyclic N) is 1. The van der Waals surface area contributed by atoms with Gasteiger partial charge in [0.05, 0.1) is 17.4 Å². The van der Waals surface area contributed by atoms with Gasteiger partial charge in [-0.15, -0.1) is 0 Å². The van der Waals surface area contributed by atoms with Crippen LogP contribution in [0.15, 0.2) is 18.5 Å². The summed E-state index contributed by atoms with van der Waals surface area (Å²) in [7, 11) is 0. The summed E-state index contributed by atoms with van der Waals surface area (Å²) in [4.78, 5) is 4.23. The number of aliphatic hydroxyl groups is 1. The van der Waals surface area contributed by atoms with Crippen LogP contribution in [0.5, 0.6) is 0 Å². The van der Waals surface area contributed by atoms with Gasteiger partial charge in [0.25, 0.3) is 0 Å². The van der Waals surface area contributed by atoms with E-state index in [9.17, 15) is 5.11 Å². The number of H-pyrrole nitrogens is 1. The Kier molecular flexibility index (Phi) is 4.72. The molecule has 0 unspecified atom stereocenters. The number of fused-ring (bicyclic) bond motifs is 1. The lowest BCUT2D eigenvalue weighted by molar-refractivity contribution is 0.160. The fourth-order valence-electron chi connectivity index (χ4n) is 1.65. The molecule has 0 amide bonds. The Labute approximate surface area is 113 Å². The first-order valence-electron chi connectivity index (χ1n) is 5.68. The highest BCUT2D eigenvalue weighted by Gasteiger charge is 2.17. The summed E-state index contributed by atoms with van der Waals surface area (Å²) in [5.41, 5.74) is 1.53. The van der Waals surface area contributed by atoms with Crippen molar-refractivity contribution < 1.29 is 5.11 Å². The second-order valence-electron chi connectivity index (χ2n) is 5.17. The Bertz CT molecular complexity index is 506. The lowest BCUT2D eigenvalue weighted by atomic mass is 10.1. The van der Waals surface area contributed by atoms with Crippen LogP contribution in [-0.4, -0.2) is 32.4 Å². The molecule has 0 saturated heterocycles. The van der Waals surface area contributed by atoms with Gasteiger partial charge in [0.1, 0.15) is 6.10 Å². The molecule has 2 aromatic rings. The largest absolute Gasteiger partial charge is 0.385 e. The average Bonchev–Trinajstić information content (AvgIpc) is 2.72. The van der Waals surface area contributed by atoms with E-state index in [0.29, 0.717) is 12.2 Å². The number of pyridine rings is 1. The smallest absolute Gasteiger partial charge is 0.109 e. The van der Waals surface area contributed by atoms with E-state index in [1.165, 1.54) is 0 Å². The first kappa shape index (κ1) is 14.9. The van der Waals surface area contributed by atoms with Gasteiger partial charge in [-0.25, -0.2) is 0 Å². The zero-order valence-electron chi connectivity index (χ0n) is 10.9. The average molecular weight is 268 g/mol. The lowest BCUT2D eigenvalue weighted by Crippen LogP contribution is -2.38. The molecule has 3 N–H and O–H groups in total. The normalized spacial score (nSPS) is 13.3. The molecule has 6 heteroatoms. The molecule has 5 nitrogen and oxygen atoms in total. The van der Waals surface area contributed by atoms with Crippen molar-refractivity contribution in [3.8, 4) is 0 Å². The van der Waals surface area contributed by atoms with Crippen LogP contribution in [0.2, 0.25) is 0 Å². The summed E-state index contributed by atoms with van der Waals surface area (Å²) < 4.78 is 0. The van der Waals surface area contributed by atoms with Crippen molar-refractivity contribution in [3.63, 3.8) is 0 Å². The van der Waals surface area contributed by atoms with Gasteiger partial charge in [0, 0.05) is 23.7 Å². The number of rotatable bonds is 3. The highest BCUT2D eigenvalue weighted by molar-refractivity contribution is 7.59. The quantitative estimate of drug-likeness (QED) is 0.788. The number of hydrogen-bond donors (Lipinski definition) is 3. The Balaban J connectivity index is 0.00000162. The third kappa shape index (κ3) is 3.44. The van der Waals surface area contributed by atoms with Crippen molar-refractivity contribution in [2.24, 2.45) is 0 Å². The van der Waals surface area contributed by atoms with Crippen molar-refractivity contribution in [2.75, 3.05) is 6.54 Å². The summed E-state index contributed by atoms with van der Waals surface area (Å²) in [6.07, 6.45) is 2.74. The molecular formula is C12H20N4OS. The van der Waals surface area contributed by atoms with E-state index in [2.05, 4.69) is 41.3 Å². The summed E-state index contributed by atoms with van der Waals surface area (Å²) in [6.45, 7) is 6.66. The molecule has 0 aliphatic rings. The van der Waals surface area contributed by atoms with Crippen molar-refractivity contribution in [2.45, 2.75) is 32.4 Å². The van der Waals surface area contributed by atoms with Crippen LogP contribution in [0.1, 0.15) is 32.6 Å². The minimum Gasteiger partial charge on any atom is -0.385 e. The third-order valence-corrected chi connectivity index (χ3v) is 2.54. The maximum absolute atomic E-state index is 10.1. The van der Waals surface area contributed by atoms with E-state index in [4.69, 9.17) is 0 Å². The SMILES string of the molecule is CC(C)(C)NC[C@H](O)c1nccc2[nH]ncc12.S. The van der Waals surface area contributed by atoms with E-state index in [-0.39, 0.29) is 19.0 Å². The number of nitrogens with zero attached hydrogens (tertiary/aromatic N) is 2. The van der Waals surface area contributed by atoms with Gasteiger partial charge >= 0.3 is 0 Å².